The van der Waals surface area contributed by atoms with Gasteiger partial charge in [-0.1, -0.05) is 146 Å². The minimum Gasteiger partial charge on any atom is -0.454 e. The van der Waals surface area contributed by atoms with Crippen LogP contribution in [0, 0.1) is 0 Å². The molecule has 0 amide bonds. The zero-order chi connectivity index (χ0) is 36.7. The van der Waals surface area contributed by atoms with E-state index in [1.807, 2.05) is 0 Å². The number of rotatable bonds is 4. The molecule has 1 aliphatic rings. The zero-order valence-electron chi connectivity index (χ0n) is 30.4. The molecular formula is C52H35N3O. The molecule has 0 spiro atoms. The highest BCUT2D eigenvalue weighted by Crippen LogP contribution is 2.45. The molecule has 2 unspecified atom stereocenters. The van der Waals surface area contributed by atoms with Gasteiger partial charge in [0.25, 0.3) is 0 Å². The Kier molecular flexibility index (Phi) is 6.80. The van der Waals surface area contributed by atoms with Gasteiger partial charge in [-0.25, -0.2) is 0 Å². The first-order valence-corrected chi connectivity index (χ1v) is 19.3. The molecular weight excluding hydrogens is 683 g/mol. The molecule has 2 atom stereocenters. The van der Waals surface area contributed by atoms with E-state index in [1.165, 1.54) is 48.8 Å². The minimum atomic E-state index is -0.103. The second-order valence-corrected chi connectivity index (χ2v) is 15.0. The minimum absolute atomic E-state index is 0.00900. The number of hydrogen-bond acceptors (Lipinski definition) is 3. The summed E-state index contributed by atoms with van der Waals surface area (Å²) in [6.45, 7) is 0. The lowest BCUT2D eigenvalue weighted by Gasteiger charge is -2.33. The Morgan fingerprint density at radius 1 is 0.464 bits per heavy atom. The molecule has 1 aliphatic heterocycles. The molecule has 11 aromatic rings. The summed E-state index contributed by atoms with van der Waals surface area (Å²) < 4.78 is 9.58. The smallest absolute Gasteiger partial charge is 0.160 e. The molecule has 0 aliphatic carbocycles. The van der Waals surface area contributed by atoms with Crippen molar-refractivity contribution in [3.8, 4) is 5.69 Å². The Labute approximate surface area is 322 Å². The highest BCUT2D eigenvalue weighted by atomic mass is 16.3. The van der Waals surface area contributed by atoms with Crippen LogP contribution in [0.4, 0.5) is 0 Å². The zero-order valence-corrected chi connectivity index (χ0v) is 30.4. The van der Waals surface area contributed by atoms with Gasteiger partial charge in [-0.3, -0.25) is 5.32 Å². The summed E-state index contributed by atoms with van der Waals surface area (Å²) in [5.41, 5.74) is 9.64. The molecule has 2 aromatic heterocycles. The van der Waals surface area contributed by atoms with E-state index < -0.39 is 0 Å². The third kappa shape index (κ3) is 4.70. The molecule has 0 fully saturated rings. The summed E-state index contributed by atoms with van der Waals surface area (Å²) in [5.74, 6) is 0. The van der Waals surface area contributed by atoms with Gasteiger partial charge in [0, 0.05) is 32.8 Å². The lowest BCUT2D eigenvalue weighted by atomic mass is 9.95. The maximum absolute atomic E-state index is 7.15. The van der Waals surface area contributed by atoms with Crippen LogP contribution in [0.25, 0.3) is 87.4 Å². The molecule has 9 aromatic carbocycles. The van der Waals surface area contributed by atoms with Crippen molar-refractivity contribution >= 4 is 81.8 Å². The van der Waals surface area contributed by atoms with Crippen LogP contribution in [0.15, 0.2) is 192 Å². The van der Waals surface area contributed by atoms with Crippen LogP contribution in [-0.2, 0) is 0 Å². The number of aromatic nitrogens is 1. The Bertz CT molecular complexity index is 3280. The number of nitrogens with one attached hydrogen (secondary N) is 2. The first kappa shape index (κ1) is 31.2. The molecule has 264 valence electrons. The Morgan fingerprint density at radius 3 is 1.70 bits per heavy atom. The van der Waals surface area contributed by atoms with Crippen LogP contribution in [-0.4, -0.2) is 4.57 Å². The summed E-state index contributed by atoms with van der Waals surface area (Å²) in [6, 6.07) is 65.6. The Hall–Kier alpha value is -7.14. The lowest BCUT2D eigenvalue weighted by molar-refractivity contribution is 0.443. The van der Waals surface area contributed by atoms with Crippen molar-refractivity contribution in [3.05, 3.63) is 205 Å². The first-order valence-electron chi connectivity index (χ1n) is 19.3. The number of fused-ring (bicyclic) bond motifs is 11. The van der Waals surface area contributed by atoms with Crippen molar-refractivity contribution < 1.29 is 4.42 Å². The fourth-order valence-corrected chi connectivity index (χ4v) is 9.24. The average Bonchev–Trinajstić information content (AvgIpc) is 3.82. The summed E-state index contributed by atoms with van der Waals surface area (Å²) in [4.78, 5) is 0. The van der Waals surface area contributed by atoms with Gasteiger partial charge in [0.05, 0.1) is 22.8 Å². The highest BCUT2D eigenvalue weighted by molar-refractivity contribution is 6.29. The standard InChI is InChI=1S/C52H35N3O/c1-3-15-34(16-4-1)42-31-43(54-52(53-42)35-17-5-2-6-18-35)40-25-28-46(51-48(40)41-29-36-19-7-8-20-37(36)30-47(41)56-51)55-44-26-23-32-13-9-11-21-38(32)49(44)50-39-22-12-10-14-33(39)24-27-45(50)55/h1-31,42,52-54H. The normalized spacial score (nSPS) is 16.0. The summed E-state index contributed by atoms with van der Waals surface area (Å²) in [7, 11) is 0. The van der Waals surface area contributed by atoms with Crippen LogP contribution in [0.1, 0.15) is 28.9 Å². The van der Waals surface area contributed by atoms with Gasteiger partial charge < -0.3 is 14.3 Å². The van der Waals surface area contributed by atoms with E-state index in [0.717, 1.165) is 55.3 Å². The van der Waals surface area contributed by atoms with E-state index in [1.54, 1.807) is 0 Å². The van der Waals surface area contributed by atoms with Gasteiger partial charge in [0.1, 0.15) is 11.7 Å². The Balaban J connectivity index is 1.18. The van der Waals surface area contributed by atoms with E-state index in [-0.39, 0.29) is 12.2 Å². The largest absolute Gasteiger partial charge is 0.454 e. The van der Waals surface area contributed by atoms with Crippen LogP contribution in [0.2, 0.25) is 0 Å². The second kappa shape index (κ2) is 12.2. The number of hydrogen-bond donors (Lipinski definition) is 2. The summed E-state index contributed by atoms with van der Waals surface area (Å²) >= 11 is 0. The summed E-state index contributed by atoms with van der Waals surface area (Å²) in [6.07, 6.45) is 2.23. The van der Waals surface area contributed by atoms with Crippen molar-refractivity contribution in [2.45, 2.75) is 12.2 Å². The van der Waals surface area contributed by atoms with Gasteiger partial charge in [-0.2, -0.15) is 0 Å². The van der Waals surface area contributed by atoms with Gasteiger partial charge in [0.15, 0.2) is 5.58 Å². The molecule has 0 radical (unpaired) electrons. The molecule has 3 heterocycles. The SMILES string of the molecule is C1=C(c2ccc(-n3c4ccc5ccccc5c4c4c5ccccc5ccc43)c3oc4cc5ccccc5cc4c23)NC(c2ccccc2)NC1c1ccccc1. The van der Waals surface area contributed by atoms with Crippen molar-refractivity contribution in [1.82, 2.24) is 15.2 Å². The van der Waals surface area contributed by atoms with E-state index >= 15 is 0 Å². The molecule has 4 heteroatoms. The van der Waals surface area contributed by atoms with Crippen LogP contribution >= 0.6 is 0 Å². The quantitative estimate of drug-likeness (QED) is 0.190. The third-order valence-electron chi connectivity index (χ3n) is 11.8. The van der Waals surface area contributed by atoms with E-state index in [4.69, 9.17) is 4.42 Å². The first-order chi connectivity index (χ1) is 27.8. The highest BCUT2D eigenvalue weighted by Gasteiger charge is 2.28. The fourth-order valence-electron chi connectivity index (χ4n) is 9.24. The second-order valence-electron chi connectivity index (χ2n) is 15.0. The van der Waals surface area contributed by atoms with Gasteiger partial charge >= 0.3 is 0 Å². The van der Waals surface area contributed by atoms with Gasteiger partial charge in [-0.05, 0) is 85.9 Å². The van der Waals surface area contributed by atoms with E-state index in [0.29, 0.717) is 0 Å². The predicted molar refractivity (Wildman–Crippen MR) is 233 cm³/mol. The van der Waals surface area contributed by atoms with Crippen LogP contribution in [0.5, 0.6) is 0 Å². The predicted octanol–water partition coefficient (Wildman–Crippen LogP) is 13.1. The van der Waals surface area contributed by atoms with Gasteiger partial charge in [-0.15, -0.1) is 0 Å². The van der Waals surface area contributed by atoms with Crippen molar-refractivity contribution in [2.24, 2.45) is 0 Å². The van der Waals surface area contributed by atoms with Crippen molar-refractivity contribution in [2.75, 3.05) is 0 Å². The van der Waals surface area contributed by atoms with Gasteiger partial charge in [0.2, 0.25) is 0 Å². The van der Waals surface area contributed by atoms with Crippen LogP contribution < -0.4 is 10.6 Å². The number of furan rings is 1. The number of nitrogens with zero attached hydrogens (tertiary/aromatic N) is 1. The molecule has 0 saturated carbocycles. The monoisotopic (exact) mass is 717 g/mol. The van der Waals surface area contributed by atoms with Crippen LogP contribution in [0.3, 0.4) is 0 Å². The topological polar surface area (TPSA) is 42.1 Å². The molecule has 12 rings (SSSR count). The molecule has 2 N–H and O–H groups in total. The molecule has 0 saturated heterocycles. The van der Waals surface area contributed by atoms with E-state index in [2.05, 4.69) is 203 Å². The maximum Gasteiger partial charge on any atom is 0.160 e. The maximum atomic E-state index is 7.15. The number of benzene rings is 9. The van der Waals surface area contributed by atoms with Crippen molar-refractivity contribution in [1.29, 1.82) is 0 Å². The van der Waals surface area contributed by atoms with E-state index in [9.17, 15) is 0 Å². The Morgan fingerprint density at radius 2 is 1.04 bits per heavy atom. The third-order valence-corrected chi connectivity index (χ3v) is 11.8. The molecule has 0 bridgehead atoms. The molecule has 56 heavy (non-hydrogen) atoms. The fraction of sp³-hybridized carbons (Fsp3) is 0.0385. The van der Waals surface area contributed by atoms with Crippen molar-refractivity contribution in [3.63, 3.8) is 0 Å². The lowest BCUT2D eigenvalue weighted by Crippen LogP contribution is -2.39. The molecule has 4 nitrogen and oxygen atoms in total. The average molecular weight is 718 g/mol. The summed E-state index contributed by atoms with van der Waals surface area (Å²) in [5, 5.41) is 19.8.